The number of pyridine rings is 1. The molecule has 1 amide bonds. The van der Waals surface area contributed by atoms with Crippen LogP contribution in [0.5, 0.6) is 0 Å². The third kappa shape index (κ3) is 2.29. The number of anilines is 1. The maximum atomic E-state index is 11.0. The van der Waals surface area contributed by atoms with E-state index in [2.05, 4.69) is 10.3 Å². The number of carbonyl (C=O) groups excluding carboxylic acids is 1. The monoisotopic (exact) mass is 194 g/mol. The Morgan fingerprint density at radius 1 is 1.57 bits per heavy atom. The molecule has 1 heterocycles. The first kappa shape index (κ1) is 10.2. The van der Waals surface area contributed by atoms with Crippen molar-refractivity contribution in [2.24, 2.45) is 0 Å². The van der Waals surface area contributed by atoms with Gasteiger partial charge >= 0.3 is 5.97 Å². The Kier molecular flexibility index (Phi) is 3.17. The molecule has 0 fully saturated rings. The molecular weight excluding hydrogens is 184 g/mol. The summed E-state index contributed by atoms with van der Waals surface area (Å²) < 4.78 is 0. The maximum absolute atomic E-state index is 11.0. The van der Waals surface area contributed by atoms with E-state index in [0.29, 0.717) is 0 Å². The minimum atomic E-state index is -1.11. The first-order valence-electron chi connectivity index (χ1n) is 4.13. The van der Waals surface area contributed by atoms with Gasteiger partial charge in [-0.1, -0.05) is 6.92 Å². The molecule has 2 N–H and O–H groups in total. The Bertz CT molecular complexity index is 363. The number of nitrogens with zero attached hydrogens (tertiary/aromatic N) is 1. The Morgan fingerprint density at radius 3 is 2.86 bits per heavy atom. The number of hydrogen-bond donors (Lipinski definition) is 2. The number of carboxylic acids is 1. The summed E-state index contributed by atoms with van der Waals surface area (Å²) in [4.78, 5) is 25.5. The van der Waals surface area contributed by atoms with E-state index in [1.54, 1.807) is 6.92 Å². The minimum Gasteiger partial charge on any atom is -0.478 e. The standard InChI is InChI=1S/C9H10N2O3/c1-2-7(12)11-8-6(9(13)14)4-3-5-10-8/h3-5H,2H2,1H3,(H,13,14)(H,10,11,12). The predicted molar refractivity (Wildman–Crippen MR) is 50.1 cm³/mol. The molecule has 5 heteroatoms. The van der Waals surface area contributed by atoms with Crippen molar-refractivity contribution in [3.8, 4) is 0 Å². The van der Waals surface area contributed by atoms with Gasteiger partial charge in [-0.2, -0.15) is 0 Å². The fourth-order valence-corrected chi connectivity index (χ4v) is 0.898. The van der Waals surface area contributed by atoms with E-state index in [9.17, 15) is 9.59 Å². The Morgan fingerprint density at radius 2 is 2.29 bits per heavy atom. The lowest BCUT2D eigenvalue weighted by molar-refractivity contribution is -0.115. The first-order chi connectivity index (χ1) is 6.65. The summed E-state index contributed by atoms with van der Waals surface area (Å²) in [7, 11) is 0. The number of carbonyl (C=O) groups is 2. The van der Waals surface area contributed by atoms with Gasteiger partial charge in [-0.25, -0.2) is 9.78 Å². The topological polar surface area (TPSA) is 79.3 Å². The van der Waals surface area contributed by atoms with Crippen molar-refractivity contribution in [3.63, 3.8) is 0 Å². The van der Waals surface area contributed by atoms with E-state index in [-0.39, 0.29) is 23.7 Å². The molecule has 0 aliphatic carbocycles. The highest BCUT2D eigenvalue weighted by molar-refractivity contribution is 5.98. The van der Waals surface area contributed by atoms with E-state index in [1.807, 2.05) is 0 Å². The van der Waals surface area contributed by atoms with E-state index in [4.69, 9.17) is 5.11 Å². The molecule has 1 aromatic rings. The summed E-state index contributed by atoms with van der Waals surface area (Å²) in [5.74, 6) is -1.28. The molecule has 0 saturated heterocycles. The van der Waals surface area contributed by atoms with Crippen LogP contribution >= 0.6 is 0 Å². The molecular formula is C9H10N2O3. The SMILES string of the molecule is CCC(=O)Nc1ncccc1C(=O)O. The molecule has 0 saturated carbocycles. The highest BCUT2D eigenvalue weighted by atomic mass is 16.4. The van der Waals surface area contributed by atoms with Crippen LogP contribution in [0.1, 0.15) is 23.7 Å². The van der Waals surface area contributed by atoms with Crippen LogP contribution in [-0.4, -0.2) is 22.0 Å². The maximum Gasteiger partial charge on any atom is 0.339 e. The van der Waals surface area contributed by atoms with Crippen molar-refractivity contribution in [1.82, 2.24) is 4.98 Å². The van der Waals surface area contributed by atoms with Crippen molar-refractivity contribution >= 4 is 17.7 Å². The fourth-order valence-electron chi connectivity index (χ4n) is 0.898. The molecule has 0 aliphatic heterocycles. The zero-order chi connectivity index (χ0) is 10.6. The molecule has 0 atom stereocenters. The van der Waals surface area contributed by atoms with Crippen LogP contribution in [-0.2, 0) is 4.79 Å². The third-order valence-electron chi connectivity index (χ3n) is 1.62. The summed E-state index contributed by atoms with van der Waals surface area (Å²) in [5.41, 5.74) is -0.00528. The third-order valence-corrected chi connectivity index (χ3v) is 1.62. The van der Waals surface area contributed by atoms with Gasteiger partial charge in [-0.15, -0.1) is 0 Å². The minimum absolute atomic E-state index is 0.00528. The molecule has 0 aliphatic rings. The van der Waals surface area contributed by atoms with Gasteiger partial charge in [-0.3, -0.25) is 4.79 Å². The van der Waals surface area contributed by atoms with Crippen LogP contribution in [0.15, 0.2) is 18.3 Å². The molecule has 0 aromatic carbocycles. The summed E-state index contributed by atoms with van der Waals surface area (Å²) in [6.07, 6.45) is 1.72. The average molecular weight is 194 g/mol. The first-order valence-corrected chi connectivity index (χ1v) is 4.13. The quantitative estimate of drug-likeness (QED) is 0.755. The second kappa shape index (κ2) is 4.36. The summed E-state index contributed by atoms with van der Waals surface area (Å²) in [5, 5.41) is 11.2. The van der Waals surface area contributed by atoms with Crippen molar-refractivity contribution in [2.45, 2.75) is 13.3 Å². The van der Waals surface area contributed by atoms with Crippen LogP contribution in [0.3, 0.4) is 0 Å². The van der Waals surface area contributed by atoms with Crippen LogP contribution in [0.4, 0.5) is 5.82 Å². The highest BCUT2D eigenvalue weighted by Crippen LogP contribution is 2.11. The van der Waals surface area contributed by atoms with Crippen molar-refractivity contribution in [3.05, 3.63) is 23.9 Å². The number of rotatable bonds is 3. The smallest absolute Gasteiger partial charge is 0.339 e. The van der Waals surface area contributed by atoms with Gasteiger partial charge in [0.05, 0.1) is 0 Å². The molecule has 0 radical (unpaired) electrons. The normalized spacial score (nSPS) is 9.50. The van der Waals surface area contributed by atoms with Crippen LogP contribution in [0.25, 0.3) is 0 Å². The Labute approximate surface area is 80.8 Å². The molecule has 74 valence electrons. The van der Waals surface area contributed by atoms with Gasteiger partial charge in [0.15, 0.2) is 0 Å². The predicted octanol–water partition coefficient (Wildman–Crippen LogP) is 1.13. The zero-order valence-corrected chi connectivity index (χ0v) is 7.65. The number of carboxylic acid groups (broad SMARTS) is 1. The second-order valence-electron chi connectivity index (χ2n) is 2.61. The van der Waals surface area contributed by atoms with Crippen LogP contribution < -0.4 is 5.32 Å². The van der Waals surface area contributed by atoms with E-state index in [1.165, 1.54) is 18.3 Å². The summed E-state index contributed by atoms with van der Waals surface area (Å²) in [6.45, 7) is 1.68. The molecule has 14 heavy (non-hydrogen) atoms. The van der Waals surface area contributed by atoms with Crippen molar-refractivity contribution < 1.29 is 14.7 Å². The summed E-state index contributed by atoms with van der Waals surface area (Å²) in [6, 6.07) is 2.89. The lowest BCUT2D eigenvalue weighted by Crippen LogP contribution is -2.14. The van der Waals surface area contributed by atoms with Gasteiger partial charge in [0.2, 0.25) is 5.91 Å². The van der Waals surface area contributed by atoms with Crippen LogP contribution in [0.2, 0.25) is 0 Å². The van der Waals surface area contributed by atoms with E-state index < -0.39 is 5.97 Å². The van der Waals surface area contributed by atoms with Gasteiger partial charge in [0, 0.05) is 12.6 Å². The van der Waals surface area contributed by atoms with Gasteiger partial charge in [0.25, 0.3) is 0 Å². The molecule has 0 bridgehead atoms. The van der Waals surface area contributed by atoms with Gasteiger partial charge in [-0.05, 0) is 12.1 Å². The average Bonchev–Trinajstić information content (AvgIpc) is 2.18. The Balaban J connectivity index is 2.95. The van der Waals surface area contributed by atoms with Gasteiger partial charge < -0.3 is 10.4 Å². The fraction of sp³-hybridized carbons (Fsp3) is 0.222. The molecule has 0 spiro atoms. The summed E-state index contributed by atoms with van der Waals surface area (Å²) >= 11 is 0. The number of hydrogen-bond acceptors (Lipinski definition) is 3. The molecule has 0 unspecified atom stereocenters. The van der Waals surface area contributed by atoms with Crippen molar-refractivity contribution in [2.75, 3.05) is 5.32 Å². The van der Waals surface area contributed by atoms with E-state index >= 15 is 0 Å². The number of amides is 1. The van der Waals surface area contributed by atoms with Gasteiger partial charge in [0.1, 0.15) is 11.4 Å². The number of aromatic carboxylic acids is 1. The second-order valence-corrected chi connectivity index (χ2v) is 2.61. The lowest BCUT2D eigenvalue weighted by atomic mass is 10.2. The Hall–Kier alpha value is -1.91. The molecule has 1 rings (SSSR count). The lowest BCUT2D eigenvalue weighted by Gasteiger charge is -2.04. The largest absolute Gasteiger partial charge is 0.478 e. The zero-order valence-electron chi connectivity index (χ0n) is 7.65. The van der Waals surface area contributed by atoms with Crippen LogP contribution in [0, 0.1) is 0 Å². The highest BCUT2D eigenvalue weighted by Gasteiger charge is 2.11. The van der Waals surface area contributed by atoms with E-state index in [0.717, 1.165) is 0 Å². The number of nitrogens with one attached hydrogen (secondary N) is 1. The molecule has 5 nitrogen and oxygen atoms in total. The van der Waals surface area contributed by atoms with Crippen molar-refractivity contribution in [1.29, 1.82) is 0 Å². The molecule has 1 aromatic heterocycles. The number of aromatic nitrogens is 1.